The maximum absolute atomic E-state index is 5.52. The van der Waals surface area contributed by atoms with E-state index in [0.29, 0.717) is 11.9 Å². The fourth-order valence-corrected chi connectivity index (χ4v) is 1.63. The van der Waals surface area contributed by atoms with Crippen LogP contribution in [0.15, 0.2) is 18.3 Å². The second kappa shape index (κ2) is 7.19. The minimum Gasteiger partial charge on any atom is -0.481 e. The van der Waals surface area contributed by atoms with Crippen LogP contribution in [0.4, 0.5) is 0 Å². The zero-order chi connectivity index (χ0) is 11.8. The first kappa shape index (κ1) is 12.9. The first-order valence-corrected chi connectivity index (χ1v) is 5.75. The van der Waals surface area contributed by atoms with Gasteiger partial charge in [0, 0.05) is 18.3 Å². The van der Waals surface area contributed by atoms with Crippen molar-refractivity contribution >= 4 is 0 Å². The van der Waals surface area contributed by atoms with Crippen LogP contribution >= 0.6 is 0 Å². The Balaban J connectivity index is 2.49. The Bertz CT molecular complexity index is 287. The molecule has 1 atom stereocenters. The minimum absolute atomic E-state index is 0.329. The number of nitrogens with zero attached hydrogens (tertiary/aromatic N) is 1. The smallest absolute Gasteiger partial charge is 0.212 e. The molecule has 1 aromatic heterocycles. The molecule has 0 saturated carbocycles. The number of hydrogen-bond donors (Lipinski definition) is 2. The molecule has 1 heterocycles. The van der Waals surface area contributed by atoms with Gasteiger partial charge in [0.2, 0.25) is 5.88 Å². The molecule has 1 unspecified atom stereocenters. The number of nitrogens with one attached hydrogen (secondary N) is 1. The first-order chi connectivity index (χ1) is 7.80. The van der Waals surface area contributed by atoms with Gasteiger partial charge >= 0.3 is 0 Å². The zero-order valence-electron chi connectivity index (χ0n) is 10.1. The predicted octanol–water partition coefficient (Wildman–Crippen LogP) is 1.65. The van der Waals surface area contributed by atoms with Gasteiger partial charge in [-0.25, -0.2) is 4.98 Å². The number of hydrogen-bond acceptors (Lipinski definition) is 4. The van der Waals surface area contributed by atoms with Crippen LogP contribution in [0.3, 0.4) is 0 Å². The summed E-state index contributed by atoms with van der Waals surface area (Å²) in [4.78, 5) is 4.17. The van der Waals surface area contributed by atoms with E-state index in [-0.39, 0.29) is 0 Å². The van der Waals surface area contributed by atoms with Gasteiger partial charge < -0.3 is 4.74 Å². The summed E-state index contributed by atoms with van der Waals surface area (Å²) < 4.78 is 5.01. The van der Waals surface area contributed by atoms with E-state index in [1.165, 1.54) is 18.4 Å². The average Bonchev–Trinajstić information content (AvgIpc) is 2.35. The molecule has 0 spiro atoms. The summed E-state index contributed by atoms with van der Waals surface area (Å²) in [5.41, 5.74) is 4.04. The van der Waals surface area contributed by atoms with Crippen molar-refractivity contribution in [2.24, 2.45) is 5.84 Å². The third-order valence-corrected chi connectivity index (χ3v) is 2.63. The van der Waals surface area contributed by atoms with E-state index < -0.39 is 0 Å². The average molecular weight is 223 g/mol. The maximum atomic E-state index is 5.52. The predicted molar refractivity (Wildman–Crippen MR) is 65.1 cm³/mol. The molecular weight excluding hydrogens is 202 g/mol. The minimum atomic E-state index is 0.329. The quantitative estimate of drug-likeness (QED) is 0.545. The molecule has 0 bridgehead atoms. The number of ether oxygens (including phenoxy) is 1. The molecule has 16 heavy (non-hydrogen) atoms. The van der Waals surface area contributed by atoms with Gasteiger partial charge in [0.25, 0.3) is 0 Å². The van der Waals surface area contributed by atoms with Crippen molar-refractivity contribution in [3.8, 4) is 5.88 Å². The topological polar surface area (TPSA) is 60.2 Å². The fourth-order valence-electron chi connectivity index (χ4n) is 1.63. The molecule has 3 N–H and O–H groups in total. The highest BCUT2D eigenvalue weighted by Gasteiger charge is 2.07. The molecule has 0 aliphatic heterocycles. The van der Waals surface area contributed by atoms with Crippen LogP contribution in [0.1, 0.15) is 31.7 Å². The third kappa shape index (κ3) is 4.16. The van der Waals surface area contributed by atoms with Crippen LogP contribution in [0.25, 0.3) is 0 Å². The summed E-state index contributed by atoms with van der Waals surface area (Å²) in [6.07, 6.45) is 6.24. The number of hydrazine groups is 1. The van der Waals surface area contributed by atoms with Gasteiger partial charge in [0.15, 0.2) is 0 Å². The molecule has 1 aromatic rings. The van der Waals surface area contributed by atoms with Gasteiger partial charge in [0.05, 0.1) is 7.11 Å². The summed E-state index contributed by atoms with van der Waals surface area (Å²) in [5, 5.41) is 0. The highest BCUT2D eigenvalue weighted by Crippen LogP contribution is 2.11. The Labute approximate surface area is 97.2 Å². The van der Waals surface area contributed by atoms with Crippen molar-refractivity contribution < 1.29 is 4.74 Å². The monoisotopic (exact) mass is 223 g/mol. The summed E-state index contributed by atoms with van der Waals surface area (Å²) in [6.45, 7) is 2.18. The number of nitrogens with two attached hydrogens (primary N) is 1. The van der Waals surface area contributed by atoms with E-state index >= 15 is 0 Å². The lowest BCUT2D eigenvalue weighted by molar-refractivity contribution is 0.397. The lowest BCUT2D eigenvalue weighted by atomic mass is 10.0. The van der Waals surface area contributed by atoms with Crippen LogP contribution in [0.2, 0.25) is 0 Å². The van der Waals surface area contributed by atoms with Gasteiger partial charge in [-0.1, -0.05) is 25.8 Å². The van der Waals surface area contributed by atoms with E-state index in [0.717, 1.165) is 12.8 Å². The Morgan fingerprint density at radius 3 is 2.81 bits per heavy atom. The second-order valence-corrected chi connectivity index (χ2v) is 3.92. The van der Waals surface area contributed by atoms with Gasteiger partial charge in [-0.15, -0.1) is 0 Å². The Kier molecular flexibility index (Phi) is 5.82. The van der Waals surface area contributed by atoms with Crippen molar-refractivity contribution in [1.29, 1.82) is 0 Å². The second-order valence-electron chi connectivity index (χ2n) is 3.92. The van der Waals surface area contributed by atoms with Gasteiger partial charge in [-0.3, -0.25) is 11.3 Å². The molecular formula is C12H21N3O. The Morgan fingerprint density at radius 2 is 2.31 bits per heavy atom. The number of aromatic nitrogens is 1. The summed E-state index contributed by atoms with van der Waals surface area (Å²) in [7, 11) is 1.62. The van der Waals surface area contributed by atoms with E-state index in [1.54, 1.807) is 7.11 Å². The van der Waals surface area contributed by atoms with Gasteiger partial charge in [-0.2, -0.15) is 0 Å². The lowest BCUT2D eigenvalue weighted by Gasteiger charge is -2.15. The number of pyridine rings is 1. The molecule has 0 radical (unpaired) electrons. The summed E-state index contributed by atoms with van der Waals surface area (Å²) in [5.74, 6) is 6.17. The molecule has 0 aliphatic carbocycles. The zero-order valence-corrected chi connectivity index (χ0v) is 10.1. The van der Waals surface area contributed by atoms with Crippen LogP contribution in [-0.4, -0.2) is 18.1 Å². The highest BCUT2D eigenvalue weighted by atomic mass is 16.5. The van der Waals surface area contributed by atoms with Crippen LogP contribution in [0.5, 0.6) is 5.88 Å². The molecule has 0 saturated heterocycles. The summed E-state index contributed by atoms with van der Waals surface area (Å²) >= 11 is 0. The number of rotatable bonds is 7. The van der Waals surface area contributed by atoms with Crippen LogP contribution < -0.4 is 16.0 Å². The maximum Gasteiger partial charge on any atom is 0.212 e. The van der Waals surface area contributed by atoms with E-state index in [1.807, 2.05) is 18.3 Å². The summed E-state index contributed by atoms with van der Waals surface area (Å²) in [6, 6.07) is 4.24. The molecule has 4 heteroatoms. The normalized spacial score (nSPS) is 12.4. The van der Waals surface area contributed by atoms with Crippen molar-refractivity contribution in [3.05, 3.63) is 23.9 Å². The van der Waals surface area contributed by atoms with E-state index in [9.17, 15) is 0 Å². The molecule has 0 amide bonds. The number of methoxy groups -OCH3 is 1. The van der Waals surface area contributed by atoms with Crippen molar-refractivity contribution in [3.63, 3.8) is 0 Å². The van der Waals surface area contributed by atoms with Gasteiger partial charge in [-0.05, 0) is 18.4 Å². The Morgan fingerprint density at radius 1 is 1.50 bits per heavy atom. The van der Waals surface area contributed by atoms with E-state index in [4.69, 9.17) is 10.6 Å². The Hall–Kier alpha value is -1.13. The highest BCUT2D eigenvalue weighted by molar-refractivity contribution is 5.18. The molecule has 1 rings (SSSR count). The molecule has 4 nitrogen and oxygen atoms in total. The fraction of sp³-hybridized carbons (Fsp3) is 0.583. The van der Waals surface area contributed by atoms with Crippen LogP contribution in [-0.2, 0) is 6.42 Å². The molecule has 0 aromatic carbocycles. The number of unbranched alkanes of at least 4 members (excludes halogenated alkanes) is 1. The van der Waals surface area contributed by atoms with Crippen molar-refractivity contribution in [1.82, 2.24) is 10.4 Å². The molecule has 0 fully saturated rings. The largest absolute Gasteiger partial charge is 0.481 e. The van der Waals surface area contributed by atoms with Gasteiger partial charge in [0.1, 0.15) is 0 Å². The van der Waals surface area contributed by atoms with E-state index in [2.05, 4.69) is 17.3 Å². The molecule has 0 aliphatic rings. The molecule has 90 valence electrons. The lowest BCUT2D eigenvalue weighted by Crippen LogP contribution is -2.36. The first-order valence-electron chi connectivity index (χ1n) is 5.75. The van der Waals surface area contributed by atoms with Crippen LogP contribution in [0, 0.1) is 0 Å². The SMILES string of the molecule is CCCCC(Cc1ccc(OC)nc1)NN. The third-order valence-electron chi connectivity index (χ3n) is 2.63. The van der Waals surface area contributed by atoms with Crippen molar-refractivity contribution in [2.75, 3.05) is 7.11 Å². The standard InChI is InChI=1S/C12H21N3O/c1-3-4-5-11(15-13)8-10-6-7-12(16-2)14-9-10/h6-7,9,11,15H,3-5,8,13H2,1-2H3. The van der Waals surface area contributed by atoms with Crippen molar-refractivity contribution in [2.45, 2.75) is 38.6 Å².